The highest BCUT2D eigenvalue weighted by Crippen LogP contribution is 2.31. The summed E-state index contributed by atoms with van der Waals surface area (Å²) in [7, 11) is 0. The van der Waals surface area contributed by atoms with Crippen LogP contribution in [0.3, 0.4) is 0 Å². The third-order valence-electron chi connectivity index (χ3n) is 4.96. The molecule has 1 atom stereocenters. The summed E-state index contributed by atoms with van der Waals surface area (Å²) in [5, 5.41) is 9.25. The lowest BCUT2D eigenvalue weighted by Gasteiger charge is -2.48. The number of alkyl halides is 3. The maximum atomic E-state index is 13.1. The van der Waals surface area contributed by atoms with Crippen LogP contribution >= 0.6 is 11.3 Å². The molecule has 2 aromatic rings. The van der Waals surface area contributed by atoms with Gasteiger partial charge in [-0.25, -0.2) is 19.2 Å². The quantitative estimate of drug-likeness (QED) is 0.702. The van der Waals surface area contributed by atoms with E-state index in [1.54, 1.807) is 11.3 Å². The third-order valence-corrected chi connectivity index (χ3v) is 5.82. The first-order chi connectivity index (χ1) is 14.7. The van der Waals surface area contributed by atoms with Crippen molar-refractivity contribution in [2.24, 2.45) is 0 Å². The topological polar surface area (TPSA) is 78.8 Å². The number of carboxylic acid groups (broad SMARTS) is 1. The Morgan fingerprint density at radius 1 is 1.26 bits per heavy atom. The zero-order chi connectivity index (χ0) is 22.5. The Morgan fingerprint density at radius 3 is 2.58 bits per heavy atom. The van der Waals surface area contributed by atoms with Crippen molar-refractivity contribution in [3.8, 4) is 0 Å². The number of ether oxygens (including phenoxy) is 1. The summed E-state index contributed by atoms with van der Waals surface area (Å²) in [6, 6.07) is 4.29. The number of hydrogen-bond acceptors (Lipinski definition) is 7. The number of aliphatic carboxylic acids is 1. The lowest BCUT2D eigenvalue weighted by atomic mass is 9.91. The summed E-state index contributed by atoms with van der Waals surface area (Å²) >= 11 is 1.80. The van der Waals surface area contributed by atoms with Gasteiger partial charge in [0.1, 0.15) is 0 Å². The first-order valence-electron chi connectivity index (χ1n) is 9.58. The maximum Gasteiger partial charge on any atom is 0.490 e. The zero-order valence-corrected chi connectivity index (χ0v) is 17.3. The van der Waals surface area contributed by atoms with E-state index in [1.807, 2.05) is 0 Å². The molecular formula is C19H22F4N4O3S. The highest BCUT2D eigenvalue weighted by molar-refractivity contribution is 7.09. The number of nitrogens with zero attached hydrogens (tertiary/aromatic N) is 4. The SMILES string of the molecule is Fc1cnc(N2CCCC3(CN(Cc4cccs4)CCO3)C2)nc1.O=C(O)C(F)(F)F. The van der Waals surface area contributed by atoms with Crippen LogP contribution in [-0.4, -0.2) is 70.5 Å². The second-order valence-corrected chi connectivity index (χ2v) is 8.38. The highest BCUT2D eigenvalue weighted by Gasteiger charge is 2.41. The summed E-state index contributed by atoms with van der Waals surface area (Å²) in [6.07, 6.45) is -0.540. The van der Waals surface area contributed by atoms with Gasteiger partial charge >= 0.3 is 12.1 Å². The first-order valence-corrected chi connectivity index (χ1v) is 10.5. The minimum absolute atomic E-state index is 0.175. The number of hydrogen-bond donors (Lipinski definition) is 1. The minimum Gasteiger partial charge on any atom is -0.475 e. The molecule has 12 heteroatoms. The Bertz CT molecular complexity index is 847. The average molecular weight is 462 g/mol. The molecule has 7 nitrogen and oxygen atoms in total. The van der Waals surface area contributed by atoms with Crippen molar-refractivity contribution in [1.29, 1.82) is 0 Å². The predicted molar refractivity (Wildman–Crippen MR) is 105 cm³/mol. The van der Waals surface area contributed by atoms with E-state index in [-0.39, 0.29) is 5.60 Å². The molecule has 4 heterocycles. The van der Waals surface area contributed by atoms with E-state index in [0.29, 0.717) is 5.95 Å². The van der Waals surface area contributed by atoms with Gasteiger partial charge in [-0.05, 0) is 24.3 Å². The molecular weight excluding hydrogens is 440 g/mol. The van der Waals surface area contributed by atoms with Gasteiger partial charge < -0.3 is 14.7 Å². The number of morpholine rings is 1. The number of thiophene rings is 1. The van der Waals surface area contributed by atoms with Crippen molar-refractivity contribution in [3.05, 3.63) is 40.6 Å². The molecule has 1 N–H and O–H groups in total. The molecule has 0 bridgehead atoms. The maximum absolute atomic E-state index is 13.1. The van der Waals surface area contributed by atoms with E-state index in [4.69, 9.17) is 14.6 Å². The van der Waals surface area contributed by atoms with Gasteiger partial charge in [0.25, 0.3) is 0 Å². The molecule has 4 rings (SSSR count). The van der Waals surface area contributed by atoms with E-state index < -0.39 is 18.0 Å². The summed E-state index contributed by atoms with van der Waals surface area (Å²) in [5.74, 6) is -2.57. The highest BCUT2D eigenvalue weighted by atomic mass is 32.1. The van der Waals surface area contributed by atoms with Crippen LogP contribution in [0.4, 0.5) is 23.5 Å². The van der Waals surface area contributed by atoms with Crippen molar-refractivity contribution < 1.29 is 32.2 Å². The van der Waals surface area contributed by atoms with Crippen molar-refractivity contribution in [2.75, 3.05) is 37.7 Å². The van der Waals surface area contributed by atoms with Gasteiger partial charge in [-0.3, -0.25) is 4.90 Å². The van der Waals surface area contributed by atoms with Crippen LogP contribution in [0.1, 0.15) is 17.7 Å². The lowest BCUT2D eigenvalue weighted by molar-refractivity contribution is -0.192. The van der Waals surface area contributed by atoms with Crippen molar-refractivity contribution >= 4 is 23.3 Å². The molecule has 0 amide bonds. The smallest absolute Gasteiger partial charge is 0.475 e. The number of anilines is 1. The number of rotatable bonds is 3. The molecule has 2 aliphatic rings. The molecule has 0 aliphatic carbocycles. The van der Waals surface area contributed by atoms with Crippen molar-refractivity contribution in [1.82, 2.24) is 14.9 Å². The molecule has 2 saturated heterocycles. The summed E-state index contributed by atoms with van der Waals surface area (Å²) in [6.45, 7) is 5.27. The Morgan fingerprint density at radius 2 is 1.97 bits per heavy atom. The third kappa shape index (κ3) is 6.58. The predicted octanol–water partition coefficient (Wildman–Crippen LogP) is 3.18. The molecule has 31 heavy (non-hydrogen) atoms. The van der Waals surface area contributed by atoms with Crippen LogP contribution in [0.5, 0.6) is 0 Å². The molecule has 0 aromatic carbocycles. The van der Waals surface area contributed by atoms with Crippen LogP contribution in [0.2, 0.25) is 0 Å². The fraction of sp³-hybridized carbons (Fsp3) is 0.526. The van der Waals surface area contributed by atoms with Gasteiger partial charge in [-0.15, -0.1) is 11.3 Å². The van der Waals surface area contributed by atoms with E-state index in [9.17, 15) is 17.6 Å². The van der Waals surface area contributed by atoms with Crippen LogP contribution in [-0.2, 0) is 16.1 Å². The number of halogens is 4. The van der Waals surface area contributed by atoms with Crippen molar-refractivity contribution in [3.63, 3.8) is 0 Å². The van der Waals surface area contributed by atoms with Crippen molar-refractivity contribution in [2.45, 2.75) is 31.2 Å². The second-order valence-electron chi connectivity index (χ2n) is 7.35. The van der Waals surface area contributed by atoms with E-state index in [2.05, 4.69) is 37.3 Å². The summed E-state index contributed by atoms with van der Waals surface area (Å²) in [5.41, 5.74) is -0.175. The number of aromatic nitrogens is 2. The van der Waals surface area contributed by atoms with E-state index in [1.165, 1.54) is 17.3 Å². The molecule has 2 fully saturated rings. The van der Waals surface area contributed by atoms with Crippen LogP contribution < -0.4 is 4.90 Å². The van der Waals surface area contributed by atoms with E-state index >= 15 is 0 Å². The van der Waals surface area contributed by atoms with Crippen LogP contribution in [0.15, 0.2) is 29.9 Å². The molecule has 0 radical (unpaired) electrons. The summed E-state index contributed by atoms with van der Waals surface area (Å²) < 4.78 is 51.0. The van der Waals surface area contributed by atoms with Gasteiger partial charge in [0.15, 0.2) is 5.82 Å². The Kier molecular flexibility index (Phi) is 7.44. The standard InChI is InChI=1S/C17H21FN4OS.C2HF3O2/c18-14-9-19-16(20-10-14)22-5-2-4-17(13-22)12-21(6-7-23-17)11-15-3-1-8-24-15;3-2(4,5)1(6)7/h1,3,8-10H,2,4-7,11-13H2;(H,6,7). The van der Waals surface area contributed by atoms with Gasteiger partial charge in [0.05, 0.1) is 31.1 Å². The average Bonchev–Trinajstić information content (AvgIpc) is 3.21. The largest absolute Gasteiger partial charge is 0.490 e. The first kappa shape index (κ1) is 23.4. The molecule has 1 spiro atoms. The van der Waals surface area contributed by atoms with Crippen LogP contribution in [0.25, 0.3) is 0 Å². The normalized spacial score (nSPS) is 22.1. The second kappa shape index (κ2) is 9.88. The fourth-order valence-electron chi connectivity index (χ4n) is 3.67. The molecule has 2 aliphatic heterocycles. The van der Waals surface area contributed by atoms with Gasteiger partial charge in [-0.1, -0.05) is 6.07 Å². The molecule has 0 saturated carbocycles. The summed E-state index contributed by atoms with van der Waals surface area (Å²) in [4.78, 5) is 23.1. The minimum atomic E-state index is -5.08. The van der Waals surface area contributed by atoms with Crippen LogP contribution in [0, 0.1) is 5.82 Å². The number of piperidine rings is 1. The Labute approximate surface area is 180 Å². The molecule has 1 unspecified atom stereocenters. The fourth-order valence-corrected chi connectivity index (χ4v) is 4.41. The van der Waals surface area contributed by atoms with E-state index in [0.717, 1.165) is 52.2 Å². The molecule has 2 aromatic heterocycles. The monoisotopic (exact) mass is 462 g/mol. The Balaban J connectivity index is 0.000000339. The van der Waals surface area contributed by atoms with Gasteiger partial charge in [0.2, 0.25) is 5.95 Å². The zero-order valence-electron chi connectivity index (χ0n) is 16.5. The lowest BCUT2D eigenvalue weighted by Crippen LogP contribution is -2.59. The Hall–Kier alpha value is -2.31. The number of carbonyl (C=O) groups is 1. The number of carboxylic acids is 1. The van der Waals surface area contributed by atoms with Gasteiger partial charge in [-0.2, -0.15) is 13.2 Å². The van der Waals surface area contributed by atoms with Gasteiger partial charge in [0, 0.05) is 31.1 Å². The molecule has 170 valence electrons.